The lowest BCUT2D eigenvalue weighted by Crippen LogP contribution is -2.45. The van der Waals surface area contributed by atoms with Crippen LogP contribution in [0.1, 0.15) is 26.2 Å². The first kappa shape index (κ1) is 8.91. The molecular formula is C9H13F2NO. The van der Waals surface area contributed by atoms with Gasteiger partial charge in [-0.2, -0.15) is 0 Å². The molecular weight excluding hydrogens is 176 g/mol. The molecule has 0 heterocycles. The molecule has 0 bridgehead atoms. The molecule has 74 valence electrons. The van der Waals surface area contributed by atoms with Crippen LogP contribution in [0.2, 0.25) is 0 Å². The average molecular weight is 189 g/mol. The highest BCUT2D eigenvalue weighted by Crippen LogP contribution is 2.43. The van der Waals surface area contributed by atoms with E-state index >= 15 is 0 Å². The quantitative estimate of drug-likeness (QED) is 0.701. The molecule has 0 spiro atoms. The Morgan fingerprint density at radius 2 is 2.00 bits per heavy atom. The zero-order chi connectivity index (χ0) is 9.64. The molecule has 2 aliphatic rings. The van der Waals surface area contributed by atoms with Crippen LogP contribution in [0.5, 0.6) is 0 Å². The van der Waals surface area contributed by atoms with Gasteiger partial charge in [-0.25, -0.2) is 8.78 Å². The standard InChI is InChI=1S/C9H13F2NO/c1-5-2-7(5)12-8(13)6-3-9(10,11)4-6/h5-7H,2-4H2,1H3,(H,12,13). The second-order valence-corrected chi connectivity index (χ2v) is 4.29. The first-order valence-electron chi connectivity index (χ1n) is 4.66. The van der Waals surface area contributed by atoms with E-state index in [0.717, 1.165) is 6.42 Å². The van der Waals surface area contributed by atoms with E-state index in [1.54, 1.807) is 0 Å². The van der Waals surface area contributed by atoms with Gasteiger partial charge in [0.05, 0.1) is 0 Å². The van der Waals surface area contributed by atoms with Crippen LogP contribution in [0.3, 0.4) is 0 Å². The fraction of sp³-hybridized carbons (Fsp3) is 0.889. The van der Waals surface area contributed by atoms with Crippen LogP contribution in [0.4, 0.5) is 8.78 Å². The predicted octanol–water partition coefficient (Wildman–Crippen LogP) is 1.56. The molecule has 4 heteroatoms. The number of carbonyl (C=O) groups is 1. The number of alkyl halides is 2. The first-order valence-corrected chi connectivity index (χ1v) is 4.66. The lowest BCUT2D eigenvalue weighted by Gasteiger charge is -2.33. The van der Waals surface area contributed by atoms with Gasteiger partial charge in [0.1, 0.15) is 0 Å². The van der Waals surface area contributed by atoms with Crippen molar-refractivity contribution in [1.82, 2.24) is 5.32 Å². The smallest absolute Gasteiger partial charge is 0.249 e. The maximum absolute atomic E-state index is 12.4. The van der Waals surface area contributed by atoms with Crippen molar-refractivity contribution >= 4 is 5.91 Å². The Morgan fingerprint density at radius 3 is 2.38 bits per heavy atom. The van der Waals surface area contributed by atoms with Gasteiger partial charge < -0.3 is 5.32 Å². The van der Waals surface area contributed by atoms with Crippen LogP contribution in [-0.4, -0.2) is 17.9 Å². The summed E-state index contributed by atoms with van der Waals surface area (Å²) in [6, 6.07) is 0.252. The van der Waals surface area contributed by atoms with Crippen molar-refractivity contribution in [3.8, 4) is 0 Å². The number of hydrogen-bond donors (Lipinski definition) is 1. The molecule has 0 saturated heterocycles. The van der Waals surface area contributed by atoms with E-state index in [1.807, 2.05) is 6.92 Å². The van der Waals surface area contributed by atoms with E-state index in [-0.39, 0.29) is 24.8 Å². The van der Waals surface area contributed by atoms with Crippen molar-refractivity contribution in [1.29, 1.82) is 0 Å². The zero-order valence-electron chi connectivity index (χ0n) is 7.52. The number of hydrogen-bond acceptors (Lipinski definition) is 1. The summed E-state index contributed by atoms with van der Waals surface area (Å²) in [6.07, 6.45) is 0.467. The SMILES string of the molecule is CC1CC1NC(=O)C1CC(F)(F)C1. The van der Waals surface area contributed by atoms with E-state index < -0.39 is 11.8 Å². The molecule has 0 radical (unpaired) electrons. The first-order chi connectivity index (χ1) is 5.98. The summed E-state index contributed by atoms with van der Waals surface area (Å²) < 4.78 is 24.8. The molecule has 2 saturated carbocycles. The molecule has 2 rings (SSSR count). The van der Waals surface area contributed by atoms with Gasteiger partial charge in [-0.05, 0) is 12.3 Å². The van der Waals surface area contributed by atoms with E-state index in [2.05, 4.69) is 5.32 Å². The Labute approximate surface area is 75.7 Å². The van der Waals surface area contributed by atoms with Crippen LogP contribution >= 0.6 is 0 Å². The van der Waals surface area contributed by atoms with Gasteiger partial charge in [0.15, 0.2) is 0 Å². The number of nitrogens with one attached hydrogen (secondary N) is 1. The molecule has 2 fully saturated rings. The molecule has 2 aliphatic carbocycles. The number of carbonyl (C=O) groups excluding carboxylic acids is 1. The van der Waals surface area contributed by atoms with Gasteiger partial charge in [0.25, 0.3) is 0 Å². The van der Waals surface area contributed by atoms with Crippen molar-refractivity contribution in [3.63, 3.8) is 0 Å². The molecule has 1 amide bonds. The van der Waals surface area contributed by atoms with Crippen molar-refractivity contribution in [2.75, 3.05) is 0 Å². The Balaban J connectivity index is 1.74. The van der Waals surface area contributed by atoms with Gasteiger partial charge in [-0.15, -0.1) is 0 Å². The number of amides is 1. The summed E-state index contributed by atoms with van der Waals surface area (Å²) in [5.41, 5.74) is 0. The maximum Gasteiger partial charge on any atom is 0.249 e. The van der Waals surface area contributed by atoms with E-state index in [9.17, 15) is 13.6 Å². The predicted molar refractivity (Wildman–Crippen MR) is 43.4 cm³/mol. The summed E-state index contributed by atoms with van der Waals surface area (Å²) in [5, 5.41) is 2.77. The second-order valence-electron chi connectivity index (χ2n) is 4.29. The molecule has 2 atom stereocenters. The van der Waals surface area contributed by atoms with Crippen LogP contribution in [0, 0.1) is 11.8 Å². The topological polar surface area (TPSA) is 29.1 Å². The molecule has 0 aromatic rings. The van der Waals surface area contributed by atoms with E-state index in [1.165, 1.54) is 0 Å². The highest BCUT2D eigenvalue weighted by atomic mass is 19.3. The molecule has 1 N–H and O–H groups in total. The monoisotopic (exact) mass is 189 g/mol. The molecule has 2 nitrogen and oxygen atoms in total. The maximum atomic E-state index is 12.4. The van der Waals surface area contributed by atoms with Crippen LogP contribution < -0.4 is 5.32 Å². The van der Waals surface area contributed by atoms with Crippen molar-refractivity contribution in [2.45, 2.75) is 38.2 Å². The largest absolute Gasteiger partial charge is 0.353 e. The minimum Gasteiger partial charge on any atom is -0.353 e. The number of halogens is 2. The summed E-state index contributed by atoms with van der Waals surface area (Å²) in [4.78, 5) is 11.3. The molecule has 2 unspecified atom stereocenters. The summed E-state index contributed by atoms with van der Waals surface area (Å²) in [7, 11) is 0. The van der Waals surface area contributed by atoms with Crippen molar-refractivity contribution < 1.29 is 13.6 Å². The zero-order valence-corrected chi connectivity index (χ0v) is 7.52. The van der Waals surface area contributed by atoms with E-state index in [4.69, 9.17) is 0 Å². The molecule has 0 aliphatic heterocycles. The molecule has 0 aromatic carbocycles. The average Bonchev–Trinajstić information content (AvgIpc) is 2.61. The third-order valence-electron chi connectivity index (χ3n) is 2.90. The Bertz CT molecular complexity index is 234. The second kappa shape index (κ2) is 2.66. The Hall–Kier alpha value is -0.670. The lowest BCUT2D eigenvalue weighted by atomic mass is 9.81. The van der Waals surface area contributed by atoms with Gasteiger partial charge >= 0.3 is 0 Å². The van der Waals surface area contributed by atoms with Gasteiger partial charge in [-0.3, -0.25) is 4.79 Å². The van der Waals surface area contributed by atoms with Crippen LogP contribution in [0.25, 0.3) is 0 Å². The summed E-state index contributed by atoms with van der Waals surface area (Å²) in [6.45, 7) is 2.04. The number of rotatable bonds is 2. The van der Waals surface area contributed by atoms with Crippen LogP contribution in [0.15, 0.2) is 0 Å². The molecule has 0 aromatic heterocycles. The third-order valence-corrected chi connectivity index (χ3v) is 2.90. The summed E-state index contributed by atoms with van der Waals surface area (Å²) >= 11 is 0. The van der Waals surface area contributed by atoms with Gasteiger partial charge in [0, 0.05) is 24.8 Å². The summed E-state index contributed by atoms with van der Waals surface area (Å²) in [5.74, 6) is -2.68. The van der Waals surface area contributed by atoms with Crippen LogP contribution in [-0.2, 0) is 4.79 Å². The molecule has 13 heavy (non-hydrogen) atoms. The minimum atomic E-state index is -2.59. The fourth-order valence-corrected chi connectivity index (χ4v) is 1.67. The fourth-order valence-electron chi connectivity index (χ4n) is 1.67. The highest BCUT2D eigenvalue weighted by Gasteiger charge is 2.49. The van der Waals surface area contributed by atoms with E-state index in [0.29, 0.717) is 5.92 Å². The Morgan fingerprint density at radius 1 is 1.46 bits per heavy atom. The minimum absolute atomic E-state index is 0.180. The highest BCUT2D eigenvalue weighted by molar-refractivity contribution is 5.80. The lowest BCUT2D eigenvalue weighted by molar-refractivity contribution is -0.150. The van der Waals surface area contributed by atoms with Gasteiger partial charge in [-0.1, -0.05) is 6.92 Å². The van der Waals surface area contributed by atoms with Crippen molar-refractivity contribution in [3.05, 3.63) is 0 Å². The Kier molecular flexibility index (Phi) is 1.82. The van der Waals surface area contributed by atoms with Crippen molar-refractivity contribution in [2.24, 2.45) is 11.8 Å². The third kappa shape index (κ3) is 1.81. The normalized spacial score (nSPS) is 36.5. The van der Waals surface area contributed by atoms with Gasteiger partial charge in [0.2, 0.25) is 11.8 Å².